The van der Waals surface area contributed by atoms with Crippen LogP contribution < -0.4 is 10.6 Å². The number of thiophene rings is 1. The largest absolute Gasteiger partial charge is 0.467 e. The van der Waals surface area contributed by atoms with Crippen LogP contribution in [0.2, 0.25) is 0 Å². The fourth-order valence-corrected chi connectivity index (χ4v) is 4.14. The van der Waals surface area contributed by atoms with Crippen LogP contribution in [0.25, 0.3) is 0 Å². The number of carbonyl (C=O) groups is 3. The van der Waals surface area contributed by atoms with Crippen LogP contribution in [0.4, 0.5) is 4.79 Å². The number of urea groups is 1. The van der Waals surface area contributed by atoms with Gasteiger partial charge in [0.15, 0.2) is 6.61 Å². The molecule has 2 aromatic heterocycles. The van der Waals surface area contributed by atoms with Gasteiger partial charge in [0.25, 0.3) is 5.91 Å². The number of aryl methyl sites for hydroxylation is 1. The van der Waals surface area contributed by atoms with Crippen LogP contribution in [-0.4, -0.2) is 24.5 Å². The molecule has 2 aromatic rings. The Labute approximate surface area is 161 Å². The minimum atomic E-state index is -0.687. The van der Waals surface area contributed by atoms with Gasteiger partial charge in [-0.15, -0.1) is 11.3 Å². The highest BCUT2D eigenvalue weighted by atomic mass is 32.1. The number of carbonyl (C=O) groups excluding carboxylic acids is 3. The summed E-state index contributed by atoms with van der Waals surface area (Å²) in [6.45, 7) is 1.83. The van der Waals surface area contributed by atoms with E-state index in [1.807, 2.05) is 6.07 Å². The molecule has 7 nitrogen and oxygen atoms in total. The van der Waals surface area contributed by atoms with E-state index in [4.69, 9.17) is 9.15 Å². The Balaban J connectivity index is 1.43. The summed E-state index contributed by atoms with van der Waals surface area (Å²) < 4.78 is 10.1. The zero-order valence-corrected chi connectivity index (χ0v) is 15.9. The summed E-state index contributed by atoms with van der Waals surface area (Å²) in [5, 5.41) is 4.58. The van der Waals surface area contributed by atoms with Crippen LogP contribution in [0, 0.1) is 5.92 Å². The third-order valence-corrected chi connectivity index (χ3v) is 5.77. The highest BCUT2D eigenvalue weighted by molar-refractivity contribution is 7.14. The Morgan fingerprint density at radius 3 is 2.96 bits per heavy atom. The molecule has 144 valence electrons. The summed E-state index contributed by atoms with van der Waals surface area (Å²) in [6.07, 6.45) is 5.75. The van der Waals surface area contributed by atoms with Crippen molar-refractivity contribution in [1.82, 2.24) is 10.6 Å². The molecule has 1 atom stereocenters. The monoisotopic (exact) mass is 390 g/mol. The fraction of sp³-hybridized carbons (Fsp3) is 0.421. The van der Waals surface area contributed by atoms with Gasteiger partial charge in [0.2, 0.25) is 0 Å². The number of hydrogen-bond donors (Lipinski definition) is 2. The molecule has 0 aliphatic heterocycles. The van der Waals surface area contributed by atoms with Gasteiger partial charge in [0.05, 0.1) is 12.8 Å². The van der Waals surface area contributed by atoms with E-state index in [9.17, 15) is 14.4 Å². The lowest BCUT2D eigenvalue weighted by atomic mass is 9.87. The van der Waals surface area contributed by atoms with Crippen molar-refractivity contribution in [3.05, 3.63) is 45.5 Å². The Kier molecular flexibility index (Phi) is 6.28. The number of fused-ring (bicyclic) bond motifs is 1. The molecule has 3 rings (SSSR count). The second kappa shape index (κ2) is 8.85. The molecule has 27 heavy (non-hydrogen) atoms. The Bertz CT molecular complexity index is 812. The number of imide groups is 1. The van der Waals surface area contributed by atoms with E-state index in [1.54, 1.807) is 12.1 Å². The Morgan fingerprint density at radius 1 is 1.37 bits per heavy atom. The first-order valence-corrected chi connectivity index (χ1v) is 9.75. The van der Waals surface area contributed by atoms with Crippen molar-refractivity contribution in [3.63, 3.8) is 0 Å². The van der Waals surface area contributed by atoms with E-state index < -0.39 is 24.5 Å². The van der Waals surface area contributed by atoms with Crippen LogP contribution in [0.5, 0.6) is 0 Å². The van der Waals surface area contributed by atoms with Gasteiger partial charge in [-0.2, -0.15) is 0 Å². The second-order valence-corrected chi connectivity index (χ2v) is 7.60. The van der Waals surface area contributed by atoms with Crippen molar-refractivity contribution in [2.24, 2.45) is 5.92 Å². The molecule has 1 aliphatic carbocycles. The average molecular weight is 390 g/mol. The van der Waals surface area contributed by atoms with Crippen molar-refractivity contribution in [1.29, 1.82) is 0 Å². The molecular formula is C19H22N2O5S. The number of furan rings is 1. The second-order valence-electron chi connectivity index (χ2n) is 6.46. The van der Waals surface area contributed by atoms with Gasteiger partial charge in [-0.05, 0) is 48.9 Å². The Hall–Kier alpha value is -2.61. The fourth-order valence-electron chi connectivity index (χ4n) is 3.04. The van der Waals surface area contributed by atoms with Crippen LogP contribution >= 0.6 is 11.3 Å². The minimum absolute atomic E-state index is 0.158. The van der Waals surface area contributed by atoms with Crippen molar-refractivity contribution in [3.8, 4) is 0 Å². The molecule has 1 aliphatic rings. The van der Waals surface area contributed by atoms with Crippen LogP contribution in [0.15, 0.2) is 28.9 Å². The zero-order chi connectivity index (χ0) is 19.2. The van der Waals surface area contributed by atoms with Gasteiger partial charge in [-0.1, -0.05) is 13.3 Å². The lowest BCUT2D eigenvalue weighted by Crippen LogP contribution is -2.41. The predicted molar refractivity (Wildman–Crippen MR) is 99.5 cm³/mol. The third kappa shape index (κ3) is 5.19. The summed E-state index contributed by atoms with van der Waals surface area (Å²) in [5.41, 5.74) is 1.21. The maximum atomic E-state index is 12.2. The van der Waals surface area contributed by atoms with Gasteiger partial charge < -0.3 is 14.5 Å². The van der Waals surface area contributed by atoms with Gasteiger partial charge in [0.1, 0.15) is 10.6 Å². The summed E-state index contributed by atoms with van der Waals surface area (Å²) in [5.74, 6) is 0.0127. The number of nitrogens with one attached hydrogen (secondary N) is 2. The topological polar surface area (TPSA) is 97.6 Å². The zero-order valence-electron chi connectivity index (χ0n) is 15.1. The van der Waals surface area contributed by atoms with Crippen molar-refractivity contribution >= 4 is 29.2 Å². The molecule has 0 radical (unpaired) electrons. The number of esters is 1. The number of hydrogen-bond acceptors (Lipinski definition) is 6. The smallest absolute Gasteiger partial charge is 0.348 e. The lowest BCUT2D eigenvalue weighted by molar-refractivity contribution is -0.123. The molecule has 3 amide bonds. The van der Waals surface area contributed by atoms with E-state index >= 15 is 0 Å². The minimum Gasteiger partial charge on any atom is -0.467 e. The molecule has 2 N–H and O–H groups in total. The number of ether oxygens (including phenoxy) is 1. The van der Waals surface area contributed by atoms with E-state index in [1.165, 1.54) is 28.0 Å². The predicted octanol–water partition coefficient (Wildman–Crippen LogP) is 3.04. The molecule has 0 spiro atoms. The van der Waals surface area contributed by atoms with E-state index in [-0.39, 0.29) is 6.54 Å². The normalized spacial score (nSPS) is 15.7. The summed E-state index contributed by atoms with van der Waals surface area (Å²) >= 11 is 1.43. The van der Waals surface area contributed by atoms with E-state index in [0.717, 1.165) is 25.7 Å². The quantitative estimate of drug-likeness (QED) is 0.739. The maximum absolute atomic E-state index is 12.2. The molecule has 1 unspecified atom stereocenters. The highest BCUT2D eigenvalue weighted by Crippen LogP contribution is 2.33. The molecule has 0 saturated heterocycles. The molecule has 0 aromatic carbocycles. The van der Waals surface area contributed by atoms with Gasteiger partial charge in [-0.25, -0.2) is 9.59 Å². The van der Waals surface area contributed by atoms with Gasteiger partial charge in [0, 0.05) is 4.88 Å². The third-order valence-electron chi connectivity index (χ3n) is 4.55. The number of amides is 3. The molecule has 8 heteroatoms. The first kappa shape index (κ1) is 19.2. The van der Waals surface area contributed by atoms with Crippen LogP contribution in [-0.2, 0) is 28.9 Å². The Morgan fingerprint density at radius 2 is 2.22 bits per heavy atom. The highest BCUT2D eigenvalue weighted by Gasteiger charge is 2.23. The first-order chi connectivity index (χ1) is 13.0. The maximum Gasteiger partial charge on any atom is 0.348 e. The van der Waals surface area contributed by atoms with Crippen molar-refractivity contribution < 1.29 is 23.5 Å². The molecule has 0 bridgehead atoms. The van der Waals surface area contributed by atoms with Crippen molar-refractivity contribution in [2.75, 3.05) is 6.61 Å². The average Bonchev–Trinajstić information content (AvgIpc) is 3.33. The molecule has 0 saturated carbocycles. The van der Waals surface area contributed by atoms with E-state index in [0.29, 0.717) is 16.6 Å². The molecular weight excluding hydrogens is 368 g/mol. The molecule has 0 fully saturated rings. The lowest BCUT2D eigenvalue weighted by Gasteiger charge is -2.19. The van der Waals surface area contributed by atoms with Crippen LogP contribution in [0.3, 0.4) is 0 Å². The van der Waals surface area contributed by atoms with E-state index in [2.05, 4.69) is 17.6 Å². The first-order valence-electron chi connectivity index (χ1n) is 8.94. The van der Waals surface area contributed by atoms with Gasteiger partial charge >= 0.3 is 12.0 Å². The SMILES string of the molecule is CCC1CCc2sc(C(=O)OCC(=O)NC(=O)NCc3ccco3)cc2C1. The molecule has 2 heterocycles. The van der Waals surface area contributed by atoms with Gasteiger partial charge in [-0.3, -0.25) is 10.1 Å². The summed E-state index contributed by atoms with van der Waals surface area (Å²) in [7, 11) is 0. The van der Waals surface area contributed by atoms with Crippen molar-refractivity contribution in [2.45, 2.75) is 39.2 Å². The van der Waals surface area contributed by atoms with Crippen LogP contribution in [0.1, 0.15) is 45.6 Å². The number of rotatable bonds is 6. The summed E-state index contributed by atoms with van der Waals surface area (Å²) in [6, 6.07) is 4.60. The standard InChI is InChI=1S/C19H22N2O5S/c1-2-12-5-6-15-13(8-12)9-16(27-15)18(23)26-11-17(22)21-19(24)20-10-14-4-3-7-25-14/h3-4,7,9,12H,2,5-6,8,10-11H2,1H3,(H2,20,21,22,24). The summed E-state index contributed by atoms with van der Waals surface area (Å²) in [4.78, 5) is 37.3.